The molecule has 1 saturated carbocycles. The highest BCUT2D eigenvalue weighted by molar-refractivity contribution is 5.96. The lowest BCUT2D eigenvalue weighted by Crippen LogP contribution is -2.63. The van der Waals surface area contributed by atoms with Crippen molar-refractivity contribution in [1.82, 2.24) is 20.4 Å². The number of nitrogens with zero attached hydrogens (tertiary/aromatic N) is 2. The molecule has 2 aromatic carbocycles. The van der Waals surface area contributed by atoms with E-state index >= 15 is 0 Å². The van der Waals surface area contributed by atoms with Crippen LogP contribution >= 0.6 is 0 Å². The molecule has 10 heteroatoms. The van der Waals surface area contributed by atoms with E-state index in [4.69, 9.17) is 4.74 Å². The van der Waals surface area contributed by atoms with Gasteiger partial charge in [0.05, 0.1) is 18.2 Å². The van der Waals surface area contributed by atoms with Crippen molar-refractivity contribution in [2.75, 3.05) is 46.9 Å². The third-order valence-corrected chi connectivity index (χ3v) is 7.54. The molecule has 0 unspecified atom stereocenters. The van der Waals surface area contributed by atoms with Gasteiger partial charge in [0.2, 0.25) is 5.91 Å². The van der Waals surface area contributed by atoms with Crippen LogP contribution in [0.15, 0.2) is 48.5 Å². The zero-order valence-electron chi connectivity index (χ0n) is 22.5. The second-order valence-electron chi connectivity index (χ2n) is 10.6. The van der Waals surface area contributed by atoms with Crippen LogP contribution in [-0.2, 0) is 11.0 Å². The number of nitrogens with one attached hydrogen (secondary N) is 2. The van der Waals surface area contributed by atoms with E-state index in [9.17, 15) is 22.8 Å². The Kier molecular flexibility index (Phi) is 9.50. The highest BCUT2D eigenvalue weighted by Crippen LogP contribution is 2.36. The molecule has 0 atom stereocenters. The number of hydrogen-bond donors (Lipinski definition) is 2. The summed E-state index contributed by atoms with van der Waals surface area (Å²) in [5.41, 5.74) is 0.251. The van der Waals surface area contributed by atoms with Gasteiger partial charge in [0.1, 0.15) is 12.4 Å². The van der Waals surface area contributed by atoms with E-state index in [1.165, 1.54) is 17.7 Å². The number of halogens is 3. The molecule has 0 radical (unpaired) electrons. The quantitative estimate of drug-likeness (QED) is 0.473. The Balaban J connectivity index is 1.31. The summed E-state index contributed by atoms with van der Waals surface area (Å²) in [7, 11) is 4.02. The van der Waals surface area contributed by atoms with Crippen LogP contribution in [0.4, 0.5) is 13.2 Å². The third-order valence-electron chi connectivity index (χ3n) is 7.54. The van der Waals surface area contributed by atoms with Crippen molar-refractivity contribution in [2.24, 2.45) is 0 Å². The van der Waals surface area contributed by atoms with Gasteiger partial charge in [-0.1, -0.05) is 18.2 Å². The lowest BCUT2D eigenvalue weighted by Gasteiger charge is -2.45. The zero-order valence-corrected chi connectivity index (χ0v) is 22.5. The van der Waals surface area contributed by atoms with Gasteiger partial charge in [-0.25, -0.2) is 0 Å². The fourth-order valence-electron chi connectivity index (χ4n) is 5.23. The van der Waals surface area contributed by atoms with Crippen molar-refractivity contribution in [2.45, 2.75) is 49.9 Å². The fourth-order valence-corrected chi connectivity index (χ4v) is 5.23. The molecule has 4 rings (SSSR count). The number of likely N-dealkylation sites (N-methyl/N-ethyl adjacent to an activating group) is 1. The van der Waals surface area contributed by atoms with Crippen molar-refractivity contribution in [3.8, 4) is 5.75 Å². The van der Waals surface area contributed by atoms with E-state index in [-0.39, 0.29) is 30.1 Å². The van der Waals surface area contributed by atoms with Crippen molar-refractivity contribution in [3.63, 3.8) is 0 Å². The Morgan fingerprint density at radius 2 is 1.69 bits per heavy atom. The molecule has 2 fully saturated rings. The number of hydrogen-bond acceptors (Lipinski definition) is 5. The first-order valence-electron chi connectivity index (χ1n) is 13.5. The fraction of sp³-hybridized carbons (Fsp3) is 0.517. The summed E-state index contributed by atoms with van der Waals surface area (Å²) in [6.07, 6.45) is -0.927. The minimum atomic E-state index is -4.54. The van der Waals surface area contributed by atoms with Crippen molar-refractivity contribution < 1.29 is 27.5 Å². The van der Waals surface area contributed by atoms with Crippen LogP contribution in [0.5, 0.6) is 5.75 Å². The number of alkyl halides is 3. The minimum absolute atomic E-state index is 0.0584. The number of carbonyl (C=O) groups excluding carboxylic acids is 2. The molecule has 39 heavy (non-hydrogen) atoms. The molecular weight excluding hydrogens is 509 g/mol. The van der Waals surface area contributed by atoms with Crippen LogP contribution in [0.2, 0.25) is 0 Å². The monoisotopic (exact) mass is 546 g/mol. The molecule has 2 amide bonds. The van der Waals surface area contributed by atoms with Crippen LogP contribution in [0.1, 0.15) is 53.1 Å². The number of rotatable bonds is 10. The van der Waals surface area contributed by atoms with Crippen LogP contribution in [0, 0.1) is 0 Å². The molecule has 0 bridgehead atoms. The third kappa shape index (κ3) is 7.73. The van der Waals surface area contributed by atoms with E-state index in [2.05, 4.69) is 27.7 Å². The first-order chi connectivity index (χ1) is 18.6. The van der Waals surface area contributed by atoms with Gasteiger partial charge in [0.15, 0.2) is 0 Å². The minimum Gasteiger partial charge on any atom is -0.492 e. The van der Waals surface area contributed by atoms with Crippen molar-refractivity contribution in [3.05, 3.63) is 65.2 Å². The number of ether oxygens (including phenoxy) is 1. The first kappa shape index (κ1) is 28.9. The topological polar surface area (TPSA) is 73.9 Å². The summed E-state index contributed by atoms with van der Waals surface area (Å²) in [5, 5.41) is 5.73. The Morgan fingerprint density at radius 1 is 1.00 bits per heavy atom. The number of amides is 2. The molecule has 0 spiro atoms. The van der Waals surface area contributed by atoms with Crippen LogP contribution in [-0.4, -0.2) is 80.6 Å². The van der Waals surface area contributed by atoms with Gasteiger partial charge < -0.3 is 25.2 Å². The van der Waals surface area contributed by atoms with E-state index in [1.807, 2.05) is 31.1 Å². The standard InChI is InChI=1S/C29H37F3N4O3/c1-35(2)14-15-39-26-12-8-21(9-13-26)20-6-10-24(11-7-20)36(25-17-33-18-25)27(37)19-34-28(38)22-4-3-5-23(16-22)29(30,31)32/h3-5,8-9,12-13,16,20,24-25,33H,6-7,10-11,14-15,17-19H2,1-2H3,(H,34,38). The van der Waals surface area contributed by atoms with Crippen molar-refractivity contribution in [1.29, 1.82) is 0 Å². The molecule has 1 aliphatic heterocycles. The smallest absolute Gasteiger partial charge is 0.416 e. The van der Waals surface area contributed by atoms with Gasteiger partial charge in [0, 0.05) is 31.2 Å². The molecule has 1 aliphatic carbocycles. The molecule has 1 heterocycles. The SMILES string of the molecule is CN(C)CCOc1ccc(C2CCC(N(C(=O)CNC(=O)c3cccc(C(F)(F)F)c3)C3CNC3)CC2)cc1. The van der Waals surface area contributed by atoms with Gasteiger partial charge in [-0.05, 0) is 81.6 Å². The summed E-state index contributed by atoms with van der Waals surface area (Å²) in [4.78, 5) is 29.7. The number of benzene rings is 2. The van der Waals surface area contributed by atoms with Crippen LogP contribution in [0.3, 0.4) is 0 Å². The van der Waals surface area contributed by atoms with Gasteiger partial charge in [-0.3, -0.25) is 9.59 Å². The second kappa shape index (κ2) is 12.8. The lowest BCUT2D eigenvalue weighted by atomic mass is 9.80. The maximum Gasteiger partial charge on any atom is 0.416 e. The average molecular weight is 547 g/mol. The van der Waals surface area contributed by atoms with Crippen LogP contribution < -0.4 is 15.4 Å². The maximum atomic E-state index is 13.2. The summed E-state index contributed by atoms with van der Waals surface area (Å²) in [6.45, 7) is 2.63. The molecular formula is C29H37F3N4O3. The molecule has 2 aliphatic rings. The van der Waals surface area contributed by atoms with Gasteiger partial charge in [-0.2, -0.15) is 13.2 Å². The molecule has 1 saturated heterocycles. The van der Waals surface area contributed by atoms with E-state index < -0.39 is 17.6 Å². The molecule has 0 aromatic heterocycles. The molecule has 7 nitrogen and oxygen atoms in total. The molecule has 2 N–H and O–H groups in total. The first-order valence-corrected chi connectivity index (χ1v) is 13.5. The van der Waals surface area contributed by atoms with E-state index in [1.54, 1.807) is 0 Å². The highest BCUT2D eigenvalue weighted by Gasteiger charge is 2.36. The van der Waals surface area contributed by atoms with Crippen molar-refractivity contribution >= 4 is 11.8 Å². The summed E-state index contributed by atoms with van der Waals surface area (Å²) in [5.74, 6) is 0.369. The Morgan fingerprint density at radius 3 is 2.28 bits per heavy atom. The van der Waals surface area contributed by atoms with E-state index in [0.717, 1.165) is 50.1 Å². The Hall–Kier alpha value is -3.11. The Bertz CT molecular complexity index is 1110. The predicted octanol–water partition coefficient (Wildman–Crippen LogP) is 3.90. The lowest BCUT2D eigenvalue weighted by molar-refractivity contribution is -0.138. The maximum absolute atomic E-state index is 13.2. The molecule has 212 valence electrons. The van der Waals surface area contributed by atoms with Gasteiger partial charge in [-0.15, -0.1) is 0 Å². The van der Waals surface area contributed by atoms with E-state index in [0.29, 0.717) is 25.6 Å². The van der Waals surface area contributed by atoms with Crippen LogP contribution in [0.25, 0.3) is 0 Å². The largest absolute Gasteiger partial charge is 0.492 e. The Labute approximate surface area is 227 Å². The number of carbonyl (C=O) groups is 2. The van der Waals surface area contributed by atoms with Gasteiger partial charge >= 0.3 is 6.18 Å². The highest BCUT2D eigenvalue weighted by atomic mass is 19.4. The predicted molar refractivity (Wildman–Crippen MR) is 143 cm³/mol. The normalized spacial score (nSPS) is 19.8. The summed E-state index contributed by atoms with van der Waals surface area (Å²) >= 11 is 0. The second-order valence-corrected chi connectivity index (χ2v) is 10.6. The summed E-state index contributed by atoms with van der Waals surface area (Å²) < 4.78 is 44.8. The average Bonchev–Trinajstić information content (AvgIpc) is 2.89. The van der Waals surface area contributed by atoms with Gasteiger partial charge in [0.25, 0.3) is 5.91 Å². The summed E-state index contributed by atoms with van der Waals surface area (Å²) in [6, 6.07) is 12.6. The molecule has 2 aromatic rings. The zero-order chi connectivity index (χ0) is 28.0.